The topological polar surface area (TPSA) is 23.9 Å². The molecule has 1 heteroatoms. The van der Waals surface area contributed by atoms with Gasteiger partial charge in [0.15, 0.2) is 0 Å². The molecule has 1 N–H and O–H groups in total. The van der Waals surface area contributed by atoms with Crippen LogP contribution in [0.15, 0.2) is 42.0 Å². The number of unbranched alkanes of at least 4 members (excludes halogenated alkanes) is 1. The summed E-state index contributed by atoms with van der Waals surface area (Å²) < 4.78 is 0. The van der Waals surface area contributed by atoms with Gasteiger partial charge >= 0.3 is 0 Å². The minimum Gasteiger partial charge on any atom is -0.309 e. The highest BCUT2D eigenvalue weighted by Crippen LogP contribution is 2.34. The highest BCUT2D eigenvalue weighted by Gasteiger charge is 2.18. The first-order chi connectivity index (χ1) is 14.0. The molecule has 2 rings (SSSR count). The first-order valence-electron chi connectivity index (χ1n) is 12.0. The molecule has 1 fully saturated rings. The van der Waals surface area contributed by atoms with Gasteiger partial charge in [0.05, 0.1) is 0 Å². The van der Waals surface area contributed by atoms with Crippen LogP contribution in [0.1, 0.15) is 107 Å². The Morgan fingerprint density at radius 3 is 2.69 bits per heavy atom. The summed E-state index contributed by atoms with van der Waals surface area (Å²) >= 11 is 0. The Kier molecular flexibility index (Phi) is 10.5. The van der Waals surface area contributed by atoms with Gasteiger partial charge in [0, 0.05) is 12.1 Å². The number of allylic oxidation sites excluding steroid dienone is 3. The summed E-state index contributed by atoms with van der Waals surface area (Å²) in [6.45, 7) is 11.2. The van der Waals surface area contributed by atoms with E-state index in [9.17, 15) is 0 Å². The third kappa shape index (κ3) is 7.96. The standard InChI is InChI=1S/C28H43N/c1-5-6-13-26-16-17-27(20-23(26)3)24(4)28(18-19-29)21-25-12-10-8-7-9-11-22(2)14-15-25/h16-20,24-25,29H,2,5-15,21H2,1,3-4H3/b28-18-,29-19?/t24?,25-/m1/s1. The van der Waals surface area contributed by atoms with Crippen LogP contribution in [0.4, 0.5) is 0 Å². The van der Waals surface area contributed by atoms with Crippen molar-refractivity contribution >= 4 is 6.21 Å². The van der Waals surface area contributed by atoms with E-state index in [-0.39, 0.29) is 0 Å². The van der Waals surface area contributed by atoms with Crippen LogP contribution in [-0.2, 0) is 6.42 Å². The summed E-state index contributed by atoms with van der Waals surface area (Å²) in [5, 5.41) is 7.72. The molecule has 0 saturated heterocycles. The second-order valence-corrected chi connectivity index (χ2v) is 9.23. The van der Waals surface area contributed by atoms with E-state index < -0.39 is 0 Å². The van der Waals surface area contributed by atoms with E-state index in [2.05, 4.69) is 51.6 Å². The van der Waals surface area contributed by atoms with Gasteiger partial charge in [0.2, 0.25) is 0 Å². The fraction of sp³-hybridized carbons (Fsp3) is 0.607. The van der Waals surface area contributed by atoms with Crippen LogP contribution in [-0.4, -0.2) is 6.21 Å². The molecule has 1 aromatic carbocycles. The van der Waals surface area contributed by atoms with Gasteiger partial charge in [-0.15, -0.1) is 0 Å². The lowest BCUT2D eigenvalue weighted by molar-refractivity contribution is 0.404. The number of aryl methyl sites for hydroxylation is 2. The van der Waals surface area contributed by atoms with Crippen LogP contribution < -0.4 is 0 Å². The third-order valence-corrected chi connectivity index (χ3v) is 6.84. The Hall–Kier alpha value is -1.63. The Balaban J connectivity index is 2.10. The quantitative estimate of drug-likeness (QED) is 0.337. The van der Waals surface area contributed by atoms with Crippen molar-refractivity contribution < 1.29 is 0 Å². The van der Waals surface area contributed by atoms with Gasteiger partial charge in [-0.2, -0.15) is 0 Å². The molecule has 1 unspecified atom stereocenters. The van der Waals surface area contributed by atoms with Crippen molar-refractivity contribution in [2.24, 2.45) is 5.92 Å². The second-order valence-electron chi connectivity index (χ2n) is 9.23. The Morgan fingerprint density at radius 1 is 1.17 bits per heavy atom. The Bertz CT molecular complexity index is 682. The summed E-state index contributed by atoms with van der Waals surface area (Å²) in [6, 6.07) is 7.06. The summed E-state index contributed by atoms with van der Waals surface area (Å²) in [5.74, 6) is 1.11. The van der Waals surface area contributed by atoms with E-state index in [1.54, 1.807) is 0 Å². The van der Waals surface area contributed by atoms with E-state index >= 15 is 0 Å². The van der Waals surface area contributed by atoms with Crippen LogP contribution in [0.25, 0.3) is 0 Å². The van der Waals surface area contributed by atoms with E-state index in [4.69, 9.17) is 5.41 Å². The molecule has 1 saturated carbocycles. The minimum absolute atomic E-state index is 0.383. The van der Waals surface area contributed by atoms with Crippen molar-refractivity contribution in [1.82, 2.24) is 0 Å². The molecular formula is C28H43N. The van der Waals surface area contributed by atoms with Gasteiger partial charge in [-0.25, -0.2) is 0 Å². The van der Waals surface area contributed by atoms with Crippen LogP contribution in [0.3, 0.4) is 0 Å². The maximum atomic E-state index is 7.72. The minimum atomic E-state index is 0.383. The molecular weight excluding hydrogens is 350 g/mol. The van der Waals surface area contributed by atoms with Crippen molar-refractivity contribution in [2.75, 3.05) is 0 Å². The fourth-order valence-electron chi connectivity index (χ4n) is 4.72. The van der Waals surface area contributed by atoms with Crippen molar-refractivity contribution in [3.8, 4) is 0 Å². The van der Waals surface area contributed by atoms with Gasteiger partial charge < -0.3 is 5.41 Å². The molecule has 0 aromatic heterocycles. The molecule has 29 heavy (non-hydrogen) atoms. The van der Waals surface area contributed by atoms with E-state index in [0.29, 0.717) is 5.92 Å². The molecule has 1 aromatic rings. The van der Waals surface area contributed by atoms with Crippen molar-refractivity contribution in [3.63, 3.8) is 0 Å². The number of nitrogens with one attached hydrogen (secondary N) is 1. The number of rotatable bonds is 8. The van der Waals surface area contributed by atoms with E-state index in [0.717, 1.165) is 12.3 Å². The van der Waals surface area contributed by atoms with Crippen LogP contribution in [0.2, 0.25) is 0 Å². The Labute approximate surface area is 180 Å². The lowest BCUT2D eigenvalue weighted by Gasteiger charge is -2.24. The van der Waals surface area contributed by atoms with Gasteiger partial charge in [0.1, 0.15) is 0 Å². The zero-order chi connectivity index (χ0) is 21.1. The highest BCUT2D eigenvalue weighted by atomic mass is 14.3. The van der Waals surface area contributed by atoms with Gasteiger partial charge in [-0.3, -0.25) is 0 Å². The summed E-state index contributed by atoms with van der Waals surface area (Å²) in [7, 11) is 0. The molecule has 1 aliphatic carbocycles. The van der Waals surface area contributed by atoms with Crippen LogP contribution >= 0.6 is 0 Å². The maximum absolute atomic E-state index is 7.72. The second kappa shape index (κ2) is 12.8. The fourth-order valence-corrected chi connectivity index (χ4v) is 4.72. The SMILES string of the molecule is C=C1CCCCCC[C@@H](C/C(=C/C=N)C(C)c2ccc(CCCC)c(C)c2)CC1. The smallest absolute Gasteiger partial charge is 0.0177 e. The van der Waals surface area contributed by atoms with Gasteiger partial charge in [0.25, 0.3) is 0 Å². The molecule has 0 radical (unpaired) electrons. The molecule has 160 valence electrons. The number of benzene rings is 1. The zero-order valence-corrected chi connectivity index (χ0v) is 19.2. The normalized spacial score (nSPS) is 20.3. The van der Waals surface area contributed by atoms with Crippen molar-refractivity contribution in [1.29, 1.82) is 5.41 Å². The Morgan fingerprint density at radius 2 is 1.97 bits per heavy atom. The first-order valence-corrected chi connectivity index (χ1v) is 12.0. The molecule has 0 amide bonds. The molecule has 0 heterocycles. The lowest BCUT2D eigenvalue weighted by Crippen LogP contribution is -2.09. The lowest BCUT2D eigenvalue weighted by atomic mass is 9.81. The summed E-state index contributed by atoms with van der Waals surface area (Å²) in [5.41, 5.74) is 7.19. The molecule has 1 nitrogen and oxygen atoms in total. The van der Waals surface area contributed by atoms with Crippen LogP contribution in [0, 0.1) is 18.3 Å². The number of hydrogen-bond acceptors (Lipinski definition) is 1. The molecule has 0 bridgehead atoms. The predicted octanol–water partition coefficient (Wildman–Crippen LogP) is 8.71. The first kappa shape index (κ1) is 23.6. The van der Waals surface area contributed by atoms with Crippen LogP contribution in [0.5, 0.6) is 0 Å². The van der Waals surface area contributed by atoms with E-state index in [1.807, 2.05) is 0 Å². The third-order valence-electron chi connectivity index (χ3n) is 6.84. The largest absolute Gasteiger partial charge is 0.309 e. The maximum Gasteiger partial charge on any atom is 0.0177 e. The molecule has 0 aliphatic heterocycles. The molecule has 2 atom stereocenters. The monoisotopic (exact) mass is 393 g/mol. The van der Waals surface area contributed by atoms with Crippen molar-refractivity contribution in [2.45, 2.75) is 104 Å². The molecule has 1 aliphatic rings. The number of hydrogen-bond donors (Lipinski definition) is 1. The van der Waals surface area contributed by atoms with E-state index in [1.165, 1.54) is 105 Å². The van der Waals surface area contributed by atoms with Gasteiger partial charge in [-0.1, -0.05) is 81.9 Å². The highest BCUT2D eigenvalue weighted by molar-refractivity contribution is 5.69. The summed E-state index contributed by atoms with van der Waals surface area (Å²) in [6.07, 6.45) is 18.8. The van der Waals surface area contributed by atoms with Gasteiger partial charge in [-0.05, 0) is 80.6 Å². The van der Waals surface area contributed by atoms with Crippen molar-refractivity contribution in [3.05, 3.63) is 58.7 Å². The predicted molar refractivity (Wildman–Crippen MR) is 129 cm³/mol. The summed E-state index contributed by atoms with van der Waals surface area (Å²) in [4.78, 5) is 0. The average molecular weight is 394 g/mol. The zero-order valence-electron chi connectivity index (χ0n) is 19.2. The molecule has 0 spiro atoms. The average Bonchev–Trinajstić information content (AvgIpc) is 2.72.